The lowest BCUT2D eigenvalue weighted by Crippen LogP contribution is -2.05. The highest BCUT2D eigenvalue weighted by atomic mass is 16.5. The molecule has 0 saturated carbocycles. The van der Waals surface area contributed by atoms with E-state index < -0.39 is 0 Å². The summed E-state index contributed by atoms with van der Waals surface area (Å²) in [6.45, 7) is 4.62. The lowest BCUT2D eigenvalue weighted by molar-refractivity contribution is 0.0528. The molecule has 4 nitrogen and oxygen atoms in total. The van der Waals surface area contributed by atoms with Crippen LogP contribution in [0.4, 0.5) is 0 Å². The fraction of sp³-hybridized carbons (Fsp3) is 0.308. The van der Waals surface area contributed by atoms with Gasteiger partial charge in [-0.25, -0.2) is 4.79 Å². The molecule has 0 aliphatic rings. The van der Waals surface area contributed by atoms with Gasteiger partial charge in [0.05, 0.1) is 18.8 Å². The lowest BCUT2D eigenvalue weighted by atomic mass is 10.1. The van der Waals surface area contributed by atoms with E-state index in [-0.39, 0.29) is 5.97 Å². The van der Waals surface area contributed by atoms with Gasteiger partial charge in [-0.1, -0.05) is 0 Å². The molecule has 1 aromatic heterocycles. The van der Waals surface area contributed by atoms with Crippen LogP contribution in [0.5, 0.6) is 5.75 Å². The fourth-order valence-corrected chi connectivity index (χ4v) is 1.77. The first-order valence-corrected chi connectivity index (χ1v) is 5.67. The largest absolute Gasteiger partial charge is 0.494 e. The van der Waals surface area contributed by atoms with Gasteiger partial charge in [-0.15, -0.1) is 0 Å². The number of nitrogens with one attached hydrogen (secondary N) is 1. The number of ether oxygens (including phenoxy) is 2. The van der Waals surface area contributed by atoms with Crippen LogP contribution in [0.15, 0.2) is 24.4 Å². The van der Waals surface area contributed by atoms with E-state index in [4.69, 9.17) is 9.47 Å². The van der Waals surface area contributed by atoms with Gasteiger partial charge in [0.15, 0.2) is 0 Å². The molecule has 1 aromatic carbocycles. The van der Waals surface area contributed by atoms with E-state index in [0.29, 0.717) is 24.5 Å². The molecule has 0 radical (unpaired) electrons. The van der Waals surface area contributed by atoms with Crippen molar-refractivity contribution in [3.05, 3.63) is 30.0 Å². The Labute approximate surface area is 99.5 Å². The first-order chi connectivity index (χ1) is 8.26. The van der Waals surface area contributed by atoms with Crippen molar-refractivity contribution in [2.75, 3.05) is 13.2 Å². The number of hydrogen-bond acceptors (Lipinski definition) is 3. The number of aromatic amines is 1. The maximum Gasteiger partial charge on any atom is 0.338 e. The Bertz CT molecular complexity index is 530. The molecule has 1 N–H and O–H groups in total. The van der Waals surface area contributed by atoms with Gasteiger partial charge in [-0.2, -0.15) is 0 Å². The lowest BCUT2D eigenvalue weighted by Gasteiger charge is -2.07. The molecule has 0 atom stereocenters. The molecule has 0 spiro atoms. The average Bonchev–Trinajstić information content (AvgIpc) is 2.76. The van der Waals surface area contributed by atoms with Crippen LogP contribution >= 0.6 is 0 Å². The Morgan fingerprint density at radius 1 is 1.29 bits per heavy atom. The maximum atomic E-state index is 11.8. The minimum Gasteiger partial charge on any atom is -0.494 e. The van der Waals surface area contributed by atoms with E-state index >= 15 is 0 Å². The summed E-state index contributed by atoms with van der Waals surface area (Å²) in [7, 11) is 0. The maximum absolute atomic E-state index is 11.8. The third kappa shape index (κ3) is 2.25. The van der Waals surface area contributed by atoms with Gasteiger partial charge in [0.1, 0.15) is 5.75 Å². The van der Waals surface area contributed by atoms with E-state index in [0.717, 1.165) is 10.9 Å². The van der Waals surface area contributed by atoms with Crippen molar-refractivity contribution in [3.8, 4) is 5.75 Å². The van der Waals surface area contributed by atoms with Gasteiger partial charge in [0, 0.05) is 23.2 Å². The van der Waals surface area contributed by atoms with Gasteiger partial charge in [-0.05, 0) is 26.0 Å². The van der Waals surface area contributed by atoms with Crippen LogP contribution in [0, 0.1) is 0 Å². The van der Waals surface area contributed by atoms with Gasteiger partial charge in [0.2, 0.25) is 0 Å². The fourth-order valence-electron chi connectivity index (χ4n) is 1.77. The Morgan fingerprint density at radius 3 is 2.82 bits per heavy atom. The molecule has 2 aromatic rings. The number of esters is 1. The van der Waals surface area contributed by atoms with Crippen LogP contribution in [-0.2, 0) is 4.74 Å². The molecule has 17 heavy (non-hydrogen) atoms. The number of rotatable bonds is 4. The molecule has 0 saturated heterocycles. The summed E-state index contributed by atoms with van der Waals surface area (Å²) >= 11 is 0. The molecule has 90 valence electrons. The average molecular weight is 233 g/mol. The van der Waals surface area contributed by atoms with E-state index in [2.05, 4.69) is 4.98 Å². The van der Waals surface area contributed by atoms with Crippen LogP contribution in [-0.4, -0.2) is 24.2 Å². The number of fused-ring (bicyclic) bond motifs is 1. The highest BCUT2D eigenvalue weighted by Gasteiger charge is 2.13. The van der Waals surface area contributed by atoms with E-state index in [1.54, 1.807) is 19.2 Å². The van der Waals surface area contributed by atoms with Crippen molar-refractivity contribution in [1.82, 2.24) is 4.98 Å². The molecule has 2 rings (SSSR count). The van der Waals surface area contributed by atoms with E-state index in [1.807, 2.05) is 19.1 Å². The molecule has 0 aliphatic heterocycles. The smallest absolute Gasteiger partial charge is 0.338 e. The van der Waals surface area contributed by atoms with Crippen LogP contribution in [0.3, 0.4) is 0 Å². The van der Waals surface area contributed by atoms with Crippen LogP contribution in [0.25, 0.3) is 10.9 Å². The first kappa shape index (κ1) is 11.5. The molecule has 0 unspecified atom stereocenters. The monoisotopic (exact) mass is 233 g/mol. The normalized spacial score (nSPS) is 10.5. The van der Waals surface area contributed by atoms with Crippen LogP contribution in [0.1, 0.15) is 24.2 Å². The van der Waals surface area contributed by atoms with Crippen molar-refractivity contribution in [2.24, 2.45) is 0 Å². The van der Waals surface area contributed by atoms with Crippen LogP contribution in [0.2, 0.25) is 0 Å². The topological polar surface area (TPSA) is 51.3 Å². The minimum absolute atomic E-state index is 0.321. The summed E-state index contributed by atoms with van der Waals surface area (Å²) in [5, 5.41) is 0.854. The molecule has 4 heteroatoms. The third-order valence-corrected chi connectivity index (χ3v) is 2.45. The first-order valence-electron chi connectivity index (χ1n) is 5.67. The second-order valence-electron chi connectivity index (χ2n) is 3.56. The quantitative estimate of drug-likeness (QED) is 0.826. The standard InChI is InChI=1S/C13H15NO3/c1-3-16-9-7-11(13(15)17-4-2)10-5-6-14-12(10)8-9/h5-8,14H,3-4H2,1-2H3. The Hall–Kier alpha value is -1.97. The van der Waals surface area contributed by atoms with Crippen molar-refractivity contribution < 1.29 is 14.3 Å². The number of benzene rings is 1. The Morgan fingerprint density at radius 2 is 2.12 bits per heavy atom. The van der Waals surface area contributed by atoms with E-state index in [9.17, 15) is 4.79 Å². The Balaban J connectivity index is 2.50. The number of hydrogen-bond donors (Lipinski definition) is 1. The summed E-state index contributed by atoms with van der Waals surface area (Å²) < 4.78 is 10.5. The predicted molar refractivity (Wildman–Crippen MR) is 65.4 cm³/mol. The SMILES string of the molecule is CCOC(=O)c1cc(OCC)cc2[nH]ccc12. The zero-order valence-corrected chi connectivity index (χ0v) is 9.95. The second kappa shape index (κ2) is 4.91. The minimum atomic E-state index is -0.321. The van der Waals surface area contributed by atoms with Gasteiger partial charge >= 0.3 is 5.97 Å². The van der Waals surface area contributed by atoms with Gasteiger partial charge < -0.3 is 14.5 Å². The summed E-state index contributed by atoms with van der Waals surface area (Å²) in [6, 6.07) is 5.45. The molecule has 0 fully saturated rings. The van der Waals surface area contributed by atoms with Crippen molar-refractivity contribution in [3.63, 3.8) is 0 Å². The molecule has 0 aliphatic carbocycles. The Kier molecular flexibility index (Phi) is 3.32. The number of aromatic nitrogens is 1. The predicted octanol–water partition coefficient (Wildman–Crippen LogP) is 2.74. The summed E-state index contributed by atoms with van der Waals surface area (Å²) in [6.07, 6.45) is 1.79. The number of carbonyl (C=O) groups is 1. The zero-order chi connectivity index (χ0) is 12.3. The molecular weight excluding hydrogens is 218 g/mol. The van der Waals surface area contributed by atoms with Crippen molar-refractivity contribution in [2.45, 2.75) is 13.8 Å². The van der Waals surface area contributed by atoms with Crippen LogP contribution < -0.4 is 4.74 Å². The molecule has 0 bridgehead atoms. The third-order valence-electron chi connectivity index (χ3n) is 2.45. The van der Waals surface area contributed by atoms with Crippen molar-refractivity contribution >= 4 is 16.9 Å². The number of carbonyl (C=O) groups excluding carboxylic acids is 1. The molecule has 1 heterocycles. The van der Waals surface area contributed by atoms with Gasteiger partial charge in [-0.3, -0.25) is 0 Å². The second-order valence-corrected chi connectivity index (χ2v) is 3.56. The highest BCUT2D eigenvalue weighted by molar-refractivity contribution is 6.04. The van der Waals surface area contributed by atoms with Crippen molar-refractivity contribution in [1.29, 1.82) is 0 Å². The summed E-state index contributed by atoms with van der Waals surface area (Å²) in [5.41, 5.74) is 1.41. The highest BCUT2D eigenvalue weighted by Crippen LogP contribution is 2.25. The summed E-state index contributed by atoms with van der Waals surface area (Å²) in [4.78, 5) is 14.9. The summed E-state index contributed by atoms with van der Waals surface area (Å²) in [5.74, 6) is 0.351. The number of H-pyrrole nitrogens is 1. The zero-order valence-electron chi connectivity index (χ0n) is 9.95. The van der Waals surface area contributed by atoms with Gasteiger partial charge in [0.25, 0.3) is 0 Å². The van der Waals surface area contributed by atoms with E-state index in [1.165, 1.54) is 0 Å². The molecule has 0 amide bonds. The molecular formula is C13H15NO3.